The summed E-state index contributed by atoms with van der Waals surface area (Å²) in [6.45, 7) is 12.0. The summed E-state index contributed by atoms with van der Waals surface area (Å²) in [5, 5.41) is 0. The van der Waals surface area contributed by atoms with Crippen molar-refractivity contribution in [1.82, 2.24) is 4.90 Å². The van der Waals surface area contributed by atoms with E-state index in [2.05, 4.69) is 32.6 Å². The first kappa shape index (κ1) is 10.0. The summed E-state index contributed by atoms with van der Waals surface area (Å²) >= 11 is 0. The average molecular weight is 171 g/mol. The maximum absolute atomic E-state index is 5.49. The quantitative estimate of drug-likeness (QED) is 0.552. The van der Waals surface area contributed by atoms with Gasteiger partial charge in [-0.3, -0.25) is 4.90 Å². The Morgan fingerprint density at radius 1 is 1.33 bits per heavy atom. The van der Waals surface area contributed by atoms with Crippen molar-refractivity contribution in [3.8, 4) is 0 Å². The number of ether oxygens (including phenoxy) is 1. The summed E-state index contributed by atoms with van der Waals surface area (Å²) in [6.07, 6.45) is 1.17. The van der Waals surface area contributed by atoms with Gasteiger partial charge in [-0.2, -0.15) is 0 Å². The molecule has 2 nitrogen and oxygen atoms in total. The first-order chi connectivity index (χ1) is 5.52. The van der Waals surface area contributed by atoms with Crippen molar-refractivity contribution in [3.63, 3.8) is 0 Å². The molecule has 0 spiro atoms. The Balaban J connectivity index is 2.59. The minimum atomic E-state index is 0.285. The van der Waals surface area contributed by atoms with Gasteiger partial charge in [0.05, 0.1) is 6.61 Å². The molecule has 1 aliphatic rings. The summed E-state index contributed by atoms with van der Waals surface area (Å²) in [7, 11) is 0. The van der Waals surface area contributed by atoms with Gasteiger partial charge in [0.2, 0.25) is 0 Å². The van der Waals surface area contributed by atoms with E-state index < -0.39 is 0 Å². The fourth-order valence-corrected chi connectivity index (χ4v) is 1.90. The third-order valence-corrected chi connectivity index (χ3v) is 2.44. The maximum Gasteiger partial charge on any atom is 0.0619 e. The van der Waals surface area contributed by atoms with E-state index >= 15 is 0 Å². The van der Waals surface area contributed by atoms with Crippen LogP contribution in [0.1, 0.15) is 34.1 Å². The second-order valence-electron chi connectivity index (χ2n) is 4.64. The molecule has 0 aromatic carbocycles. The molecule has 1 atom stereocenters. The molecular weight excluding hydrogens is 150 g/mol. The van der Waals surface area contributed by atoms with Crippen molar-refractivity contribution < 1.29 is 4.74 Å². The van der Waals surface area contributed by atoms with E-state index in [1.165, 1.54) is 13.0 Å². The van der Waals surface area contributed by atoms with E-state index in [0.717, 1.165) is 13.2 Å². The average Bonchev–Trinajstić information content (AvgIpc) is 2.11. The lowest BCUT2D eigenvalue weighted by Gasteiger charge is -2.38. The molecule has 2 heteroatoms. The van der Waals surface area contributed by atoms with Crippen molar-refractivity contribution in [1.29, 1.82) is 0 Å². The van der Waals surface area contributed by atoms with E-state index in [1.807, 2.05) is 0 Å². The molecule has 1 rings (SSSR count). The number of hydrogen-bond acceptors (Lipinski definition) is 2. The van der Waals surface area contributed by atoms with Crippen molar-refractivity contribution in [2.24, 2.45) is 0 Å². The molecule has 1 saturated heterocycles. The largest absolute Gasteiger partial charge is 0.380 e. The molecule has 0 radical (unpaired) electrons. The van der Waals surface area contributed by atoms with Crippen LogP contribution in [0.5, 0.6) is 0 Å². The SMILES string of the molecule is C[C@H]1COCCCN1C(C)(C)C. The molecule has 0 unspecified atom stereocenters. The summed E-state index contributed by atoms with van der Waals surface area (Å²) in [5.41, 5.74) is 0.285. The monoisotopic (exact) mass is 171 g/mol. The molecule has 0 bridgehead atoms. The minimum absolute atomic E-state index is 0.285. The van der Waals surface area contributed by atoms with Crippen LogP contribution < -0.4 is 0 Å². The normalized spacial score (nSPS) is 28.5. The standard InChI is InChI=1S/C10H21NO/c1-9-8-12-7-5-6-11(9)10(2,3)4/h9H,5-8H2,1-4H3/t9-/m0/s1. The van der Waals surface area contributed by atoms with E-state index in [4.69, 9.17) is 4.74 Å². The number of hydrogen-bond donors (Lipinski definition) is 0. The zero-order chi connectivity index (χ0) is 9.19. The molecule has 12 heavy (non-hydrogen) atoms. The highest BCUT2D eigenvalue weighted by Crippen LogP contribution is 2.19. The molecule has 0 aliphatic carbocycles. The highest BCUT2D eigenvalue weighted by Gasteiger charge is 2.27. The van der Waals surface area contributed by atoms with Gasteiger partial charge < -0.3 is 4.74 Å². The van der Waals surface area contributed by atoms with Gasteiger partial charge in [0, 0.05) is 24.7 Å². The predicted octanol–water partition coefficient (Wildman–Crippen LogP) is 1.90. The summed E-state index contributed by atoms with van der Waals surface area (Å²) in [4.78, 5) is 2.53. The van der Waals surface area contributed by atoms with Gasteiger partial charge in [0.25, 0.3) is 0 Å². The van der Waals surface area contributed by atoms with Gasteiger partial charge >= 0.3 is 0 Å². The van der Waals surface area contributed by atoms with E-state index in [1.54, 1.807) is 0 Å². The van der Waals surface area contributed by atoms with E-state index in [0.29, 0.717) is 6.04 Å². The third kappa shape index (κ3) is 2.46. The molecule has 1 fully saturated rings. The molecule has 72 valence electrons. The highest BCUT2D eigenvalue weighted by atomic mass is 16.5. The Kier molecular flexibility index (Phi) is 3.13. The van der Waals surface area contributed by atoms with Crippen LogP contribution in [0.15, 0.2) is 0 Å². The Bertz CT molecular complexity index is 139. The topological polar surface area (TPSA) is 12.5 Å². The van der Waals surface area contributed by atoms with Crippen LogP contribution in [-0.2, 0) is 4.74 Å². The first-order valence-corrected chi connectivity index (χ1v) is 4.86. The van der Waals surface area contributed by atoms with Crippen molar-refractivity contribution in [2.45, 2.75) is 45.7 Å². The minimum Gasteiger partial charge on any atom is -0.380 e. The molecule has 0 amide bonds. The molecule has 1 heterocycles. The van der Waals surface area contributed by atoms with Crippen LogP contribution in [0.4, 0.5) is 0 Å². The Hall–Kier alpha value is -0.0800. The Morgan fingerprint density at radius 2 is 2.00 bits per heavy atom. The smallest absolute Gasteiger partial charge is 0.0619 e. The lowest BCUT2D eigenvalue weighted by Crippen LogP contribution is -2.47. The third-order valence-electron chi connectivity index (χ3n) is 2.44. The fraction of sp³-hybridized carbons (Fsp3) is 1.00. The van der Waals surface area contributed by atoms with Crippen molar-refractivity contribution in [2.75, 3.05) is 19.8 Å². The van der Waals surface area contributed by atoms with Gasteiger partial charge in [0.15, 0.2) is 0 Å². The second-order valence-corrected chi connectivity index (χ2v) is 4.64. The maximum atomic E-state index is 5.49. The molecule has 0 aromatic heterocycles. The molecule has 0 saturated carbocycles. The van der Waals surface area contributed by atoms with Gasteiger partial charge in [-0.05, 0) is 34.1 Å². The van der Waals surface area contributed by atoms with Gasteiger partial charge in [-0.25, -0.2) is 0 Å². The number of nitrogens with zero attached hydrogens (tertiary/aromatic N) is 1. The Morgan fingerprint density at radius 3 is 2.58 bits per heavy atom. The Labute approximate surface area is 75.9 Å². The zero-order valence-corrected chi connectivity index (χ0v) is 8.76. The van der Waals surface area contributed by atoms with Gasteiger partial charge in [-0.15, -0.1) is 0 Å². The molecular formula is C10H21NO. The van der Waals surface area contributed by atoms with E-state index in [-0.39, 0.29) is 5.54 Å². The lowest BCUT2D eigenvalue weighted by molar-refractivity contribution is 0.0613. The predicted molar refractivity (Wildman–Crippen MR) is 51.4 cm³/mol. The van der Waals surface area contributed by atoms with Gasteiger partial charge in [-0.1, -0.05) is 0 Å². The van der Waals surface area contributed by atoms with Crippen molar-refractivity contribution >= 4 is 0 Å². The lowest BCUT2D eigenvalue weighted by atomic mass is 10.0. The van der Waals surface area contributed by atoms with Crippen LogP contribution in [0.25, 0.3) is 0 Å². The van der Waals surface area contributed by atoms with Crippen LogP contribution >= 0.6 is 0 Å². The first-order valence-electron chi connectivity index (χ1n) is 4.86. The van der Waals surface area contributed by atoms with E-state index in [9.17, 15) is 0 Å². The van der Waals surface area contributed by atoms with Crippen LogP contribution in [-0.4, -0.2) is 36.2 Å². The molecule has 0 N–H and O–H groups in total. The summed E-state index contributed by atoms with van der Waals surface area (Å²) in [6, 6.07) is 0.562. The number of rotatable bonds is 0. The fourth-order valence-electron chi connectivity index (χ4n) is 1.90. The van der Waals surface area contributed by atoms with Crippen LogP contribution in [0.3, 0.4) is 0 Å². The molecule has 0 aromatic rings. The summed E-state index contributed by atoms with van der Waals surface area (Å²) in [5.74, 6) is 0. The van der Waals surface area contributed by atoms with Crippen LogP contribution in [0.2, 0.25) is 0 Å². The second kappa shape index (κ2) is 3.75. The van der Waals surface area contributed by atoms with Crippen LogP contribution in [0, 0.1) is 0 Å². The van der Waals surface area contributed by atoms with Gasteiger partial charge in [0.1, 0.15) is 0 Å². The highest BCUT2D eigenvalue weighted by molar-refractivity contribution is 4.81. The van der Waals surface area contributed by atoms with Crippen molar-refractivity contribution in [3.05, 3.63) is 0 Å². The zero-order valence-electron chi connectivity index (χ0n) is 8.76. The summed E-state index contributed by atoms with van der Waals surface area (Å²) < 4.78 is 5.49. The molecule has 1 aliphatic heterocycles.